The van der Waals surface area contributed by atoms with E-state index in [1.54, 1.807) is 12.1 Å². The maximum absolute atomic E-state index is 12.0. The van der Waals surface area contributed by atoms with Gasteiger partial charge in [0, 0.05) is 12.6 Å². The molecule has 1 rings (SSSR count). The highest BCUT2D eigenvalue weighted by Gasteiger charge is 2.05. The zero-order valence-electron chi connectivity index (χ0n) is 11.7. The fourth-order valence-electron chi connectivity index (χ4n) is 1.46. The zero-order valence-corrected chi connectivity index (χ0v) is 11.7. The number of ether oxygens (including phenoxy) is 1. The molecule has 4 nitrogen and oxygen atoms in total. The van der Waals surface area contributed by atoms with E-state index in [0.29, 0.717) is 12.6 Å². The Morgan fingerprint density at radius 1 is 1.30 bits per heavy atom. The summed E-state index contributed by atoms with van der Waals surface area (Å²) in [4.78, 5) is 11.6. The maximum atomic E-state index is 12.0. The van der Waals surface area contributed by atoms with Crippen LogP contribution in [0.5, 0.6) is 5.75 Å². The molecule has 0 fully saturated rings. The number of benzene rings is 1. The molecule has 0 spiro atoms. The summed E-state index contributed by atoms with van der Waals surface area (Å²) in [5.74, 6) is 0.00622. The number of hydrogen-bond donors (Lipinski definition) is 2. The fraction of sp³-hybridized carbons (Fsp3) is 0.500. The van der Waals surface area contributed by atoms with Crippen LogP contribution in [-0.4, -0.2) is 25.1 Å². The molecule has 112 valence electrons. The molecule has 0 aromatic heterocycles. The smallest absolute Gasteiger partial charge is 0.387 e. The molecule has 0 saturated carbocycles. The van der Waals surface area contributed by atoms with Crippen LogP contribution in [0.25, 0.3) is 0 Å². The summed E-state index contributed by atoms with van der Waals surface area (Å²) in [7, 11) is 0. The molecule has 1 atom stereocenters. The van der Waals surface area contributed by atoms with E-state index in [4.69, 9.17) is 0 Å². The molecule has 20 heavy (non-hydrogen) atoms. The lowest BCUT2D eigenvalue weighted by Gasteiger charge is -2.11. The number of alkyl halides is 2. The summed E-state index contributed by atoms with van der Waals surface area (Å²) in [6, 6.07) is 6.47. The van der Waals surface area contributed by atoms with Gasteiger partial charge in [-0.15, -0.1) is 0 Å². The van der Waals surface area contributed by atoms with Crippen molar-refractivity contribution < 1.29 is 18.3 Å². The average Bonchev–Trinajstić information content (AvgIpc) is 2.43. The van der Waals surface area contributed by atoms with Crippen LogP contribution in [0, 0.1) is 0 Å². The van der Waals surface area contributed by atoms with Crippen LogP contribution in [0.4, 0.5) is 8.78 Å². The van der Waals surface area contributed by atoms with E-state index in [-0.39, 0.29) is 18.2 Å². The first kappa shape index (κ1) is 16.4. The normalized spacial score (nSPS) is 12.2. The minimum absolute atomic E-state index is 0.0989. The second-order valence-electron chi connectivity index (χ2n) is 4.49. The van der Waals surface area contributed by atoms with Crippen molar-refractivity contribution in [3.8, 4) is 5.75 Å². The number of carbonyl (C=O) groups is 1. The highest BCUT2D eigenvalue weighted by atomic mass is 19.3. The Kier molecular flexibility index (Phi) is 6.93. The summed E-state index contributed by atoms with van der Waals surface area (Å²) in [5, 5.41) is 5.83. The van der Waals surface area contributed by atoms with E-state index in [1.807, 2.05) is 13.8 Å². The summed E-state index contributed by atoms with van der Waals surface area (Å²) in [6.07, 6.45) is 0.957. The fourth-order valence-corrected chi connectivity index (χ4v) is 1.46. The second kappa shape index (κ2) is 8.47. The van der Waals surface area contributed by atoms with Gasteiger partial charge in [0.25, 0.3) is 0 Å². The van der Waals surface area contributed by atoms with Crippen LogP contribution in [0.1, 0.15) is 25.8 Å². The molecule has 1 aromatic rings. The van der Waals surface area contributed by atoms with Gasteiger partial charge < -0.3 is 15.4 Å². The second-order valence-corrected chi connectivity index (χ2v) is 4.49. The maximum Gasteiger partial charge on any atom is 0.387 e. The van der Waals surface area contributed by atoms with Gasteiger partial charge in [-0.2, -0.15) is 8.78 Å². The Hall–Kier alpha value is -1.69. The molecule has 0 radical (unpaired) electrons. The zero-order chi connectivity index (χ0) is 15.0. The van der Waals surface area contributed by atoms with Crippen LogP contribution < -0.4 is 15.4 Å². The topological polar surface area (TPSA) is 50.4 Å². The van der Waals surface area contributed by atoms with Gasteiger partial charge in [-0.25, -0.2) is 0 Å². The van der Waals surface area contributed by atoms with Gasteiger partial charge in [0.1, 0.15) is 5.75 Å². The molecular formula is C14H20F2N2O2. The first-order valence-electron chi connectivity index (χ1n) is 6.55. The monoisotopic (exact) mass is 286 g/mol. The summed E-state index contributed by atoms with van der Waals surface area (Å²) in [6.45, 7) is 1.85. The van der Waals surface area contributed by atoms with E-state index < -0.39 is 6.61 Å². The van der Waals surface area contributed by atoms with Crippen molar-refractivity contribution in [2.24, 2.45) is 0 Å². The molecule has 0 aliphatic heterocycles. The molecule has 0 bridgehead atoms. The third-order valence-corrected chi connectivity index (χ3v) is 2.86. The van der Waals surface area contributed by atoms with Gasteiger partial charge in [0.15, 0.2) is 0 Å². The van der Waals surface area contributed by atoms with Crippen molar-refractivity contribution in [1.29, 1.82) is 0 Å². The van der Waals surface area contributed by atoms with Crippen LogP contribution >= 0.6 is 0 Å². The number of nitrogens with one attached hydrogen (secondary N) is 2. The van der Waals surface area contributed by atoms with Crippen LogP contribution in [0.2, 0.25) is 0 Å². The molecule has 0 aliphatic carbocycles. The summed E-state index contributed by atoms with van der Waals surface area (Å²) >= 11 is 0. The van der Waals surface area contributed by atoms with Gasteiger partial charge in [-0.3, -0.25) is 4.79 Å². The Labute approximate surface area is 117 Å². The van der Waals surface area contributed by atoms with Crippen molar-refractivity contribution in [2.45, 2.75) is 39.5 Å². The van der Waals surface area contributed by atoms with Crippen LogP contribution in [0.3, 0.4) is 0 Å². The van der Waals surface area contributed by atoms with Gasteiger partial charge in [-0.1, -0.05) is 19.1 Å². The van der Waals surface area contributed by atoms with E-state index in [1.165, 1.54) is 12.1 Å². The lowest BCUT2D eigenvalue weighted by Crippen LogP contribution is -2.37. The summed E-state index contributed by atoms with van der Waals surface area (Å²) < 4.78 is 28.2. The molecule has 1 amide bonds. The first-order valence-corrected chi connectivity index (χ1v) is 6.55. The lowest BCUT2D eigenvalue weighted by molar-refractivity contribution is -0.120. The van der Waals surface area contributed by atoms with Crippen molar-refractivity contribution >= 4 is 5.91 Å². The molecular weight excluding hydrogens is 266 g/mol. The largest absolute Gasteiger partial charge is 0.435 e. The van der Waals surface area contributed by atoms with Crippen molar-refractivity contribution in [1.82, 2.24) is 10.6 Å². The standard InChI is InChI=1S/C14H20F2N2O2/c1-3-10(2)17-9-13(19)18-8-11-4-6-12(7-5-11)20-14(15)16/h4-7,10,14,17H,3,8-9H2,1-2H3,(H,18,19). The minimum Gasteiger partial charge on any atom is -0.435 e. The molecule has 0 aliphatic rings. The Bertz CT molecular complexity index is 410. The number of carbonyl (C=O) groups excluding carboxylic acids is 1. The quantitative estimate of drug-likeness (QED) is 0.771. The van der Waals surface area contributed by atoms with Crippen molar-refractivity contribution in [3.63, 3.8) is 0 Å². The number of rotatable bonds is 8. The predicted molar refractivity (Wildman–Crippen MR) is 72.7 cm³/mol. The van der Waals surface area contributed by atoms with Crippen LogP contribution in [0.15, 0.2) is 24.3 Å². The number of amides is 1. The molecule has 1 aromatic carbocycles. The molecule has 6 heteroatoms. The van der Waals surface area contributed by atoms with Gasteiger partial charge in [0.2, 0.25) is 5.91 Å². The molecule has 1 unspecified atom stereocenters. The van der Waals surface area contributed by atoms with Gasteiger partial charge in [0.05, 0.1) is 6.54 Å². The molecule has 0 saturated heterocycles. The first-order chi connectivity index (χ1) is 9.51. The SMILES string of the molecule is CCC(C)NCC(=O)NCc1ccc(OC(F)F)cc1. The summed E-state index contributed by atoms with van der Waals surface area (Å²) in [5.41, 5.74) is 0.823. The van der Waals surface area contributed by atoms with E-state index in [0.717, 1.165) is 12.0 Å². The molecule has 2 N–H and O–H groups in total. The Morgan fingerprint density at radius 3 is 2.50 bits per heavy atom. The van der Waals surface area contributed by atoms with Gasteiger partial charge in [-0.05, 0) is 31.0 Å². The predicted octanol–water partition coefficient (Wildman–Crippen LogP) is 2.29. The van der Waals surface area contributed by atoms with Crippen molar-refractivity contribution in [3.05, 3.63) is 29.8 Å². The number of halogens is 2. The van der Waals surface area contributed by atoms with Crippen molar-refractivity contribution in [2.75, 3.05) is 6.54 Å². The average molecular weight is 286 g/mol. The third-order valence-electron chi connectivity index (χ3n) is 2.86. The highest BCUT2D eigenvalue weighted by molar-refractivity contribution is 5.78. The number of hydrogen-bond acceptors (Lipinski definition) is 3. The van der Waals surface area contributed by atoms with E-state index in [2.05, 4.69) is 15.4 Å². The highest BCUT2D eigenvalue weighted by Crippen LogP contribution is 2.14. The van der Waals surface area contributed by atoms with E-state index >= 15 is 0 Å². The Morgan fingerprint density at radius 2 is 1.95 bits per heavy atom. The third kappa shape index (κ3) is 6.47. The lowest BCUT2D eigenvalue weighted by atomic mass is 10.2. The van der Waals surface area contributed by atoms with Gasteiger partial charge >= 0.3 is 6.61 Å². The van der Waals surface area contributed by atoms with E-state index in [9.17, 15) is 13.6 Å². The minimum atomic E-state index is -2.83. The van der Waals surface area contributed by atoms with Crippen LogP contribution in [-0.2, 0) is 11.3 Å². The molecule has 0 heterocycles. The Balaban J connectivity index is 2.32.